The molecule has 4 rings (SSSR count). The van der Waals surface area contributed by atoms with Gasteiger partial charge < -0.3 is 15.0 Å². The third-order valence-corrected chi connectivity index (χ3v) is 9.03. The van der Waals surface area contributed by atoms with Crippen molar-refractivity contribution < 1.29 is 31.9 Å². The van der Waals surface area contributed by atoms with Crippen molar-refractivity contribution >= 4 is 33.1 Å². The van der Waals surface area contributed by atoms with Gasteiger partial charge >= 0.3 is 0 Å². The fraction of sp³-hybridized carbons (Fsp3) is 0.297. The first-order valence-electron chi connectivity index (χ1n) is 15.4. The number of amides is 1. The Balaban J connectivity index is 1.74. The Labute approximate surface area is 284 Å². The average molecular weight is 695 g/mol. The number of unbranched alkanes of at least 4 members (excludes halogenated alkanes) is 4. The molecule has 3 aromatic carbocycles. The summed E-state index contributed by atoms with van der Waals surface area (Å²) in [5.41, 5.74) is 0.673. The molecule has 0 unspecified atom stereocenters. The monoisotopic (exact) mass is 694 g/mol. The summed E-state index contributed by atoms with van der Waals surface area (Å²) >= 11 is 6.15. The molecule has 4 aromatic rings. The van der Waals surface area contributed by atoms with Crippen LogP contribution in [0.1, 0.15) is 81.2 Å². The van der Waals surface area contributed by atoms with Crippen LogP contribution in [-0.4, -0.2) is 48.4 Å². The minimum atomic E-state index is -3.61. The average Bonchev–Trinajstić information content (AvgIpc) is 3.38. The van der Waals surface area contributed by atoms with E-state index in [1.54, 1.807) is 42.5 Å². The highest BCUT2D eigenvalue weighted by Crippen LogP contribution is 2.36. The summed E-state index contributed by atoms with van der Waals surface area (Å²) in [5.74, 6) is 2.81. The first kappa shape index (κ1) is 36.5. The maximum Gasteiger partial charge on any atom is 0.253 e. The van der Waals surface area contributed by atoms with Crippen LogP contribution in [0.3, 0.4) is 0 Å². The standard InChI is InChI=1S/C37H37ClF2N2O5S/c1-24-30(39)18-19-31(40)33(24)34-29(37(45)41-32(23-48(3,46)47)27-12-10-13-28(38)21-27)22-42(2)35(34)36(44)26-16-14-25(15-17-26)11-8-6-4-5-7-9-20-43/h10,12-19,21-22,32,43H,4-7,9,20,23H2,1-3H3,(H,41,45)/t32-/m0/s1. The zero-order chi connectivity index (χ0) is 35.0. The third-order valence-electron chi connectivity index (χ3n) is 7.85. The summed E-state index contributed by atoms with van der Waals surface area (Å²) < 4.78 is 56.5. The Bertz CT molecular complexity index is 1980. The van der Waals surface area contributed by atoms with Crippen LogP contribution >= 0.6 is 11.6 Å². The van der Waals surface area contributed by atoms with Crippen LogP contribution in [0.2, 0.25) is 5.02 Å². The highest BCUT2D eigenvalue weighted by atomic mass is 35.5. The molecule has 1 atom stereocenters. The molecular formula is C37H37ClF2N2O5S. The number of aliphatic hydroxyl groups is 1. The number of aryl methyl sites for hydroxylation is 1. The van der Waals surface area contributed by atoms with Crippen molar-refractivity contribution in [2.45, 2.75) is 45.1 Å². The molecule has 2 N–H and O–H groups in total. The van der Waals surface area contributed by atoms with Crippen molar-refractivity contribution in [3.05, 3.63) is 117 Å². The second-order valence-corrected chi connectivity index (χ2v) is 14.3. The van der Waals surface area contributed by atoms with Gasteiger partial charge in [0.05, 0.1) is 23.1 Å². The number of nitrogens with zero attached hydrogens (tertiary/aromatic N) is 1. The predicted octanol–water partition coefficient (Wildman–Crippen LogP) is 6.97. The topological polar surface area (TPSA) is 105 Å². The van der Waals surface area contributed by atoms with Gasteiger partial charge in [-0.15, -0.1) is 0 Å². The molecule has 0 saturated heterocycles. The molecule has 0 bridgehead atoms. The van der Waals surface area contributed by atoms with E-state index < -0.39 is 45.0 Å². The maximum absolute atomic E-state index is 15.6. The van der Waals surface area contributed by atoms with Crippen molar-refractivity contribution in [2.24, 2.45) is 7.05 Å². The summed E-state index contributed by atoms with van der Waals surface area (Å²) in [6.07, 6.45) is 6.69. The lowest BCUT2D eigenvalue weighted by Gasteiger charge is -2.19. The van der Waals surface area contributed by atoms with Crippen LogP contribution in [0.25, 0.3) is 11.1 Å². The lowest BCUT2D eigenvalue weighted by Crippen LogP contribution is -2.33. The number of carbonyl (C=O) groups excluding carboxylic acids is 2. The maximum atomic E-state index is 15.6. The van der Waals surface area contributed by atoms with Crippen LogP contribution in [0.15, 0.2) is 66.9 Å². The molecule has 0 saturated carbocycles. The molecular weight excluding hydrogens is 658 g/mol. The molecule has 0 aliphatic heterocycles. The highest BCUT2D eigenvalue weighted by molar-refractivity contribution is 7.90. The van der Waals surface area contributed by atoms with Crippen molar-refractivity contribution in [3.8, 4) is 23.0 Å². The third kappa shape index (κ3) is 9.19. The summed E-state index contributed by atoms with van der Waals surface area (Å²) in [6, 6.07) is 13.8. The second-order valence-electron chi connectivity index (χ2n) is 11.7. The molecule has 1 aromatic heterocycles. The molecule has 48 heavy (non-hydrogen) atoms. The van der Waals surface area contributed by atoms with Gasteiger partial charge in [0.2, 0.25) is 5.78 Å². The van der Waals surface area contributed by atoms with Gasteiger partial charge in [-0.1, -0.05) is 48.4 Å². The van der Waals surface area contributed by atoms with Crippen molar-refractivity contribution in [2.75, 3.05) is 18.6 Å². The highest BCUT2D eigenvalue weighted by Gasteiger charge is 2.31. The number of ketones is 1. The zero-order valence-corrected chi connectivity index (χ0v) is 28.5. The summed E-state index contributed by atoms with van der Waals surface area (Å²) in [4.78, 5) is 28.0. The van der Waals surface area contributed by atoms with E-state index in [9.17, 15) is 22.4 Å². The van der Waals surface area contributed by atoms with E-state index in [0.29, 0.717) is 22.6 Å². The number of hydrogen-bond acceptors (Lipinski definition) is 5. The van der Waals surface area contributed by atoms with Gasteiger partial charge in [0.1, 0.15) is 21.5 Å². The van der Waals surface area contributed by atoms with Gasteiger partial charge in [0.25, 0.3) is 5.91 Å². The number of halogens is 3. The smallest absolute Gasteiger partial charge is 0.253 e. The summed E-state index contributed by atoms with van der Waals surface area (Å²) in [5, 5.41) is 11.9. The second kappa shape index (κ2) is 16.2. The van der Waals surface area contributed by atoms with E-state index in [1.807, 2.05) is 0 Å². The van der Waals surface area contributed by atoms with Gasteiger partial charge in [0, 0.05) is 59.8 Å². The number of sulfone groups is 1. The SMILES string of the molecule is Cc1c(F)ccc(F)c1-c1c(C(=O)N[C@@H](CS(C)(=O)=O)c2cccc(Cl)c2)cn(C)c1C(=O)c1ccc(C#CCCCCCCO)cc1. The first-order valence-corrected chi connectivity index (χ1v) is 17.9. The number of benzene rings is 3. The minimum absolute atomic E-state index is 0.0584. The number of carbonyl (C=O) groups is 2. The van der Waals surface area contributed by atoms with Crippen molar-refractivity contribution in [1.82, 2.24) is 9.88 Å². The fourth-order valence-corrected chi connectivity index (χ4v) is 6.53. The van der Waals surface area contributed by atoms with E-state index in [4.69, 9.17) is 16.7 Å². The van der Waals surface area contributed by atoms with E-state index >= 15 is 4.39 Å². The number of nitrogens with one attached hydrogen (secondary N) is 1. The summed E-state index contributed by atoms with van der Waals surface area (Å²) in [6.45, 7) is 1.54. The van der Waals surface area contributed by atoms with E-state index in [0.717, 1.165) is 44.1 Å². The predicted molar refractivity (Wildman–Crippen MR) is 184 cm³/mol. The molecule has 0 spiro atoms. The lowest BCUT2D eigenvalue weighted by atomic mass is 9.92. The Morgan fingerprint density at radius 3 is 2.33 bits per heavy atom. The van der Waals surface area contributed by atoms with Gasteiger partial charge in [-0.3, -0.25) is 9.59 Å². The van der Waals surface area contributed by atoms with Gasteiger partial charge in [-0.25, -0.2) is 17.2 Å². The molecule has 0 aliphatic carbocycles. The molecule has 7 nitrogen and oxygen atoms in total. The molecule has 11 heteroatoms. The normalized spacial score (nSPS) is 11.9. The van der Waals surface area contributed by atoms with Crippen LogP contribution in [-0.2, 0) is 16.9 Å². The van der Waals surface area contributed by atoms with Crippen molar-refractivity contribution in [3.63, 3.8) is 0 Å². The summed E-state index contributed by atoms with van der Waals surface area (Å²) in [7, 11) is -2.09. The molecule has 0 aliphatic rings. The van der Waals surface area contributed by atoms with E-state index in [-0.39, 0.29) is 40.1 Å². The molecule has 1 heterocycles. The zero-order valence-electron chi connectivity index (χ0n) is 26.9. The molecule has 0 radical (unpaired) electrons. The molecule has 0 fully saturated rings. The lowest BCUT2D eigenvalue weighted by molar-refractivity contribution is 0.0940. The Kier molecular flexibility index (Phi) is 12.3. The quantitative estimate of drug-likeness (QED) is 0.0894. The van der Waals surface area contributed by atoms with Crippen LogP contribution < -0.4 is 5.32 Å². The number of aliphatic hydroxyl groups excluding tert-OH is 1. The van der Waals surface area contributed by atoms with Gasteiger partial charge in [-0.2, -0.15) is 0 Å². The Morgan fingerprint density at radius 2 is 1.67 bits per heavy atom. The molecule has 252 valence electrons. The Hall–Kier alpha value is -4.30. The number of rotatable bonds is 13. The number of aromatic nitrogens is 1. The van der Waals surface area contributed by atoms with Crippen molar-refractivity contribution in [1.29, 1.82) is 0 Å². The van der Waals surface area contributed by atoms with Crippen LogP contribution in [0.5, 0.6) is 0 Å². The minimum Gasteiger partial charge on any atom is -0.396 e. The van der Waals surface area contributed by atoms with Gasteiger partial charge in [0.15, 0.2) is 0 Å². The first-order chi connectivity index (χ1) is 22.8. The fourth-order valence-electron chi connectivity index (χ4n) is 5.45. The van der Waals surface area contributed by atoms with E-state index in [2.05, 4.69) is 17.2 Å². The Morgan fingerprint density at radius 1 is 0.979 bits per heavy atom. The largest absolute Gasteiger partial charge is 0.396 e. The molecule has 1 amide bonds. The van der Waals surface area contributed by atoms with Crippen LogP contribution in [0, 0.1) is 30.4 Å². The van der Waals surface area contributed by atoms with Crippen LogP contribution in [0.4, 0.5) is 8.78 Å². The van der Waals surface area contributed by atoms with E-state index in [1.165, 1.54) is 30.8 Å². The van der Waals surface area contributed by atoms with Gasteiger partial charge in [-0.05, 0) is 79.4 Å². The number of hydrogen-bond donors (Lipinski definition) is 2.